The Balaban J connectivity index is 1.68. The largest absolute Gasteiger partial charge is 0.465 e. The normalized spacial score (nSPS) is 11.1. The first kappa shape index (κ1) is 19.2. The number of rotatable bonds is 12. The van der Waals surface area contributed by atoms with Crippen LogP contribution in [0.15, 0.2) is 33.7 Å². The molecule has 0 saturated heterocycles. The summed E-state index contributed by atoms with van der Waals surface area (Å²) in [4.78, 5) is 12.0. The van der Waals surface area contributed by atoms with Crippen molar-refractivity contribution in [3.8, 4) is 0 Å². The average Bonchev–Trinajstić information content (AvgIpc) is 3.28. The third kappa shape index (κ3) is 6.78. The summed E-state index contributed by atoms with van der Waals surface area (Å²) in [6, 6.07) is 4.24. The fraction of sp³-hybridized carbons (Fsp3) is 0.550. The van der Waals surface area contributed by atoms with E-state index in [1.807, 2.05) is 0 Å². The molecule has 0 fully saturated rings. The first-order chi connectivity index (χ1) is 11.8. The molecular weight excluding hydrogens is 336 g/mol. The summed E-state index contributed by atoms with van der Waals surface area (Å²) < 4.78 is 5.57. The Morgan fingerprint density at radius 3 is 2.08 bits per heavy atom. The summed E-state index contributed by atoms with van der Waals surface area (Å²) in [6.45, 7) is 2.68. The molecule has 0 unspecified atom stereocenters. The lowest BCUT2D eigenvalue weighted by Gasteiger charge is -2.15. The van der Waals surface area contributed by atoms with Gasteiger partial charge in [-0.25, -0.2) is 0 Å². The van der Waals surface area contributed by atoms with E-state index in [9.17, 15) is 4.79 Å². The second kappa shape index (κ2) is 11.4. The Kier molecular flexibility index (Phi) is 9.14. The van der Waals surface area contributed by atoms with Crippen LogP contribution in [0, 0.1) is 0 Å². The molecule has 0 amide bonds. The molecule has 0 spiro atoms. The van der Waals surface area contributed by atoms with Gasteiger partial charge < -0.3 is 4.74 Å². The molecule has 132 valence electrons. The number of carbonyl (C=O) groups is 1. The van der Waals surface area contributed by atoms with Crippen molar-refractivity contribution in [3.05, 3.63) is 44.8 Å². The summed E-state index contributed by atoms with van der Waals surface area (Å²) in [5.74, 6) is 0.111. The van der Waals surface area contributed by atoms with Gasteiger partial charge >= 0.3 is 5.97 Å². The zero-order chi connectivity index (χ0) is 17.0. The van der Waals surface area contributed by atoms with Crippen molar-refractivity contribution in [1.82, 2.24) is 0 Å². The first-order valence-corrected chi connectivity index (χ1v) is 10.9. The lowest BCUT2D eigenvalue weighted by atomic mass is 9.97. The van der Waals surface area contributed by atoms with Crippen LogP contribution in [-0.2, 0) is 9.53 Å². The monoisotopic (exact) mass is 364 g/mol. The van der Waals surface area contributed by atoms with Gasteiger partial charge in [-0.2, -0.15) is 22.7 Å². The van der Waals surface area contributed by atoms with E-state index in [-0.39, 0.29) is 11.9 Å². The molecule has 2 aromatic rings. The number of esters is 1. The maximum Gasteiger partial charge on any atom is 0.305 e. The van der Waals surface area contributed by atoms with Gasteiger partial charge in [0.1, 0.15) is 6.61 Å². The van der Waals surface area contributed by atoms with Crippen molar-refractivity contribution in [2.75, 3.05) is 6.61 Å². The van der Waals surface area contributed by atoms with Gasteiger partial charge in [0, 0.05) is 12.3 Å². The SMILES string of the molecule is CCCCCCCCCC(=O)OCC(c1ccsc1)c1ccsc1. The van der Waals surface area contributed by atoms with Crippen LogP contribution in [0.4, 0.5) is 0 Å². The van der Waals surface area contributed by atoms with Crippen LogP contribution in [0.5, 0.6) is 0 Å². The van der Waals surface area contributed by atoms with E-state index in [2.05, 4.69) is 40.6 Å². The molecular formula is C20H28O2S2. The molecule has 0 bridgehead atoms. The molecule has 0 aliphatic carbocycles. The molecule has 0 aliphatic heterocycles. The van der Waals surface area contributed by atoms with E-state index < -0.39 is 0 Å². The number of ether oxygens (including phenoxy) is 1. The van der Waals surface area contributed by atoms with Gasteiger partial charge in [0.25, 0.3) is 0 Å². The van der Waals surface area contributed by atoms with Crippen LogP contribution in [0.1, 0.15) is 75.3 Å². The van der Waals surface area contributed by atoms with Gasteiger partial charge in [-0.3, -0.25) is 4.79 Å². The highest BCUT2D eigenvalue weighted by molar-refractivity contribution is 7.08. The van der Waals surface area contributed by atoms with E-state index in [0.717, 1.165) is 12.8 Å². The Morgan fingerprint density at radius 1 is 0.958 bits per heavy atom. The lowest BCUT2D eigenvalue weighted by molar-refractivity contribution is -0.144. The van der Waals surface area contributed by atoms with Gasteiger partial charge in [0.2, 0.25) is 0 Å². The highest BCUT2D eigenvalue weighted by Crippen LogP contribution is 2.28. The molecule has 0 radical (unpaired) electrons. The van der Waals surface area contributed by atoms with E-state index in [1.165, 1.54) is 43.2 Å². The predicted octanol–water partition coefficient (Wildman–Crippen LogP) is 6.63. The lowest BCUT2D eigenvalue weighted by Crippen LogP contribution is -2.13. The van der Waals surface area contributed by atoms with Crippen LogP contribution >= 0.6 is 22.7 Å². The van der Waals surface area contributed by atoms with Crippen molar-refractivity contribution in [2.45, 2.75) is 64.2 Å². The van der Waals surface area contributed by atoms with Crippen LogP contribution in [0.25, 0.3) is 0 Å². The quantitative estimate of drug-likeness (QED) is 0.312. The molecule has 0 aromatic carbocycles. The first-order valence-electron chi connectivity index (χ1n) is 9.01. The van der Waals surface area contributed by atoms with Gasteiger partial charge in [-0.1, -0.05) is 45.4 Å². The minimum Gasteiger partial charge on any atom is -0.465 e. The van der Waals surface area contributed by atoms with Crippen LogP contribution < -0.4 is 0 Å². The molecule has 2 heterocycles. The Labute approximate surface area is 153 Å². The molecule has 0 saturated carbocycles. The van der Waals surface area contributed by atoms with Crippen molar-refractivity contribution >= 4 is 28.6 Å². The second-order valence-electron chi connectivity index (χ2n) is 6.22. The molecule has 2 aromatic heterocycles. The summed E-state index contributed by atoms with van der Waals surface area (Å²) >= 11 is 3.37. The van der Waals surface area contributed by atoms with E-state index in [4.69, 9.17) is 4.74 Å². The third-order valence-corrected chi connectivity index (χ3v) is 5.69. The minimum atomic E-state index is -0.0565. The number of thiophene rings is 2. The van der Waals surface area contributed by atoms with Crippen LogP contribution in [-0.4, -0.2) is 12.6 Å². The molecule has 2 nitrogen and oxygen atoms in total. The van der Waals surface area contributed by atoms with E-state index in [1.54, 1.807) is 22.7 Å². The summed E-state index contributed by atoms with van der Waals surface area (Å²) in [5, 5.41) is 8.45. The van der Waals surface area contributed by atoms with Gasteiger partial charge in [0.05, 0.1) is 0 Å². The minimum absolute atomic E-state index is 0.0565. The smallest absolute Gasteiger partial charge is 0.305 e. The number of hydrogen-bond acceptors (Lipinski definition) is 4. The topological polar surface area (TPSA) is 26.3 Å². The zero-order valence-corrected chi connectivity index (χ0v) is 16.2. The van der Waals surface area contributed by atoms with Crippen molar-refractivity contribution in [3.63, 3.8) is 0 Å². The van der Waals surface area contributed by atoms with Gasteiger partial charge in [0.15, 0.2) is 0 Å². The van der Waals surface area contributed by atoms with Crippen LogP contribution in [0.2, 0.25) is 0 Å². The fourth-order valence-corrected chi connectivity index (χ4v) is 4.23. The van der Waals surface area contributed by atoms with E-state index >= 15 is 0 Å². The van der Waals surface area contributed by atoms with E-state index in [0.29, 0.717) is 13.0 Å². The Morgan fingerprint density at radius 2 is 1.54 bits per heavy atom. The standard InChI is InChI=1S/C20H28O2S2/c1-2-3-4-5-6-7-8-9-20(21)22-14-19(17-10-12-23-15-17)18-11-13-24-16-18/h10-13,15-16,19H,2-9,14H2,1H3. The molecule has 0 aliphatic rings. The summed E-state index contributed by atoms with van der Waals surface area (Å²) in [7, 11) is 0. The molecule has 2 rings (SSSR count). The highest BCUT2D eigenvalue weighted by atomic mass is 32.1. The molecule has 24 heavy (non-hydrogen) atoms. The fourth-order valence-electron chi connectivity index (χ4n) is 2.81. The van der Waals surface area contributed by atoms with Crippen molar-refractivity contribution in [1.29, 1.82) is 0 Å². The number of carbonyl (C=O) groups excluding carboxylic acids is 1. The third-order valence-electron chi connectivity index (χ3n) is 4.29. The molecule has 4 heteroatoms. The van der Waals surface area contributed by atoms with Gasteiger partial charge in [-0.15, -0.1) is 0 Å². The second-order valence-corrected chi connectivity index (χ2v) is 7.78. The summed E-state index contributed by atoms with van der Waals surface area (Å²) in [6.07, 6.45) is 9.10. The molecule has 0 N–H and O–H groups in total. The number of unbranched alkanes of at least 4 members (excludes halogenated alkanes) is 6. The van der Waals surface area contributed by atoms with Crippen molar-refractivity contribution in [2.24, 2.45) is 0 Å². The Bertz CT molecular complexity index is 512. The van der Waals surface area contributed by atoms with Gasteiger partial charge in [-0.05, 0) is 51.2 Å². The molecule has 0 atom stereocenters. The predicted molar refractivity (Wildman–Crippen MR) is 104 cm³/mol. The van der Waals surface area contributed by atoms with Crippen LogP contribution in [0.3, 0.4) is 0 Å². The maximum atomic E-state index is 12.0. The average molecular weight is 365 g/mol. The summed E-state index contributed by atoms with van der Waals surface area (Å²) in [5.41, 5.74) is 2.48. The zero-order valence-electron chi connectivity index (χ0n) is 14.5. The van der Waals surface area contributed by atoms with Crippen molar-refractivity contribution < 1.29 is 9.53 Å². The number of hydrogen-bond donors (Lipinski definition) is 0. The highest BCUT2D eigenvalue weighted by Gasteiger charge is 2.17. The Hall–Kier alpha value is -1.13. The maximum absolute atomic E-state index is 12.0.